The zero-order valence-corrected chi connectivity index (χ0v) is 11.1. The van der Waals surface area contributed by atoms with E-state index >= 15 is 0 Å². The first-order chi connectivity index (χ1) is 8.69. The molecular formula is C14H12Cl2FN. The van der Waals surface area contributed by atoms with Crippen molar-refractivity contribution in [2.24, 2.45) is 0 Å². The largest absolute Gasteiger partial charge is 0.381 e. The molecule has 0 amide bonds. The third-order valence-electron chi connectivity index (χ3n) is 2.59. The van der Waals surface area contributed by atoms with Crippen LogP contribution in [0.5, 0.6) is 0 Å². The normalized spacial score (nSPS) is 10.4. The monoisotopic (exact) mass is 283 g/mol. The molecule has 0 saturated carbocycles. The van der Waals surface area contributed by atoms with Crippen molar-refractivity contribution < 1.29 is 4.39 Å². The van der Waals surface area contributed by atoms with Crippen LogP contribution in [0, 0.1) is 5.82 Å². The number of rotatable bonds is 4. The van der Waals surface area contributed by atoms with Crippen LogP contribution in [-0.2, 0) is 12.4 Å². The van der Waals surface area contributed by atoms with E-state index < -0.39 is 5.82 Å². The lowest BCUT2D eigenvalue weighted by molar-refractivity contribution is 0.626. The molecule has 4 heteroatoms. The van der Waals surface area contributed by atoms with Gasteiger partial charge in [0.25, 0.3) is 0 Å². The van der Waals surface area contributed by atoms with Gasteiger partial charge in [0, 0.05) is 18.1 Å². The van der Waals surface area contributed by atoms with Crippen molar-refractivity contribution in [3.05, 3.63) is 64.4 Å². The summed E-state index contributed by atoms with van der Waals surface area (Å²) in [4.78, 5) is 0. The highest BCUT2D eigenvalue weighted by Crippen LogP contribution is 2.17. The van der Waals surface area contributed by atoms with Crippen LogP contribution in [-0.4, -0.2) is 0 Å². The van der Waals surface area contributed by atoms with Gasteiger partial charge in [-0.05, 0) is 35.4 Å². The topological polar surface area (TPSA) is 12.0 Å². The van der Waals surface area contributed by atoms with Crippen molar-refractivity contribution in [1.82, 2.24) is 0 Å². The zero-order chi connectivity index (χ0) is 13.0. The fraction of sp³-hybridized carbons (Fsp3) is 0.143. The minimum atomic E-state index is -0.395. The number of benzene rings is 2. The number of hydrogen-bond acceptors (Lipinski definition) is 1. The van der Waals surface area contributed by atoms with Crippen LogP contribution in [0.1, 0.15) is 11.1 Å². The molecule has 0 bridgehead atoms. The molecule has 0 heterocycles. The molecule has 0 fully saturated rings. The number of halogens is 3. The third-order valence-corrected chi connectivity index (χ3v) is 3.20. The Morgan fingerprint density at radius 1 is 1.00 bits per heavy atom. The van der Waals surface area contributed by atoms with Gasteiger partial charge in [-0.25, -0.2) is 4.39 Å². The van der Waals surface area contributed by atoms with Gasteiger partial charge in [-0.2, -0.15) is 0 Å². The SMILES string of the molecule is Fc1cc(CNc2ccc(CCl)cc2)ccc1Cl. The van der Waals surface area contributed by atoms with Crippen LogP contribution in [0.25, 0.3) is 0 Å². The highest BCUT2D eigenvalue weighted by atomic mass is 35.5. The van der Waals surface area contributed by atoms with E-state index in [1.54, 1.807) is 12.1 Å². The van der Waals surface area contributed by atoms with Crippen molar-refractivity contribution in [1.29, 1.82) is 0 Å². The van der Waals surface area contributed by atoms with E-state index in [4.69, 9.17) is 23.2 Å². The zero-order valence-electron chi connectivity index (χ0n) is 9.59. The molecule has 0 aromatic heterocycles. The van der Waals surface area contributed by atoms with Crippen molar-refractivity contribution in [2.75, 3.05) is 5.32 Å². The summed E-state index contributed by atoms with van der Waals surface area (Å²) in [5, 5.41) is 3.35. The van der Waals surface area contributed by atoms with E-state index in [0.29, 0.717) is 12.4 Å². The molecule has 18 heavy (non-hydrogen) atoms. The maximum absolute atomic E-state index is 13.2. The summed E-state index contributed by atoms with van der Waals surface area (Å²) < 4.78 is 13.2. The number of anilines is 1. The molecule has 0 unspecified atom stereocenters. The standard InChI is InChI=1S/C14H12Cl2FN/c15-8-10-1-4-12(5-2-10)18-9-11-3-6-13(16)14(17)7-11/h1-7,18H,8-9H2. The summed E-state index contributed by atoms with van der Waals surface area (Å²) in [7, 11) is 0. The molecule has 0 aliphatic carbocycles. The molecule has 2 aromatic rings. The van der Waals surface area contributed by atoms with E-state index in [0.717, 1.165) is 16.8 Å². The van der Waals surface area contributed by atoms with Gasteiger partial charge in [-0.15, -0.1) is 11.6 Å². The Labute approximate surface area is 116 Å². The third kappa shape index (κ3) is 3.37. The van der Waals surface area contributed by atoms with Crippen molar-refractivity contribution in [2.45, 2.75) is 12.4 Å². The molecular weight excluding hydrogens is 272 g/mol. The Hall–Kier alpha value is -1.25. The summed E-state index contributed by atoms with van der Waals surface area (Å²) in [6.07, 6.45) is 0. The lowest BCUT2D eigenvalue weighted by Crippen LogP contribution is -1.99. The van der Waals surface area contributed by atoms with Gasteiger partial charge in [0.1, 0.15) is 5.82 Å². The van der Waals surface area contributed by atoms with Crippen molar-refractivity contribution >= 4 is 28.9 Å². The Bertz CT molecular complexity index is 526. The molecule has 0 aliphatic heterocycles. The molecule has 0 saturated heterocycles. The highest BCUT2D eigenvalue weighted by Gasteiger charge is 2.01. The smallest absolute Gasteiger partial charge is 0.142 e. The fourth-order valence-corrected chi connectivity index (χ4v) is 1.86. The predicted octanol–water partition coefficient (Wildman–Crippen LogP) is 4.83. The maximum Gasteiger partial charge on any atom is 0.142 e. The van der Waals surface area contributed by atoms with Crippen LogP contribution >= 0.6 is 23.2 Å². The summed E-state index contributed by atoms with van der Waals surface area (Å²) in [5.41, 5.74) is 2.89. The summed E-state index contributed by atoms with van der Waals surface area (Å²) in [6.45, 7) is 0.550. The first-order valence-corrected chi connectivity index (χ1v) is 6.43. The molecule has 2 aromatic carbocycles. The van der Waals surface area contributed by atoms with Gasteiger partial charge < -0.3 is 5.32 Å². The average molecular weight is 284 g/mol. The Morgan fingerprint density at radius 3 is 2.28 bits per heavy atom. The van der Waals surface area contributed by atoms with Gasteiger partial charge in [0.05, 0.1) is 5.02 Å². The minimum Gasteiger partial charge on any atom is -0.381 e. The molecule has 1 N–H and O–H groups in total. The first kappa shape index (κ1) is 13.2. The second-order valence-corrected chi connectivity index (χ2v) is 4.61. The van der Waals surface area contributed by atoms with Crippen molar-refractivity contribution in [3.8, 4) is 0 Å². The van der Waals surface area contributed by atoms with Gasteiger partial charge in [0.2, 0.25) is 0 Å². The lowest BCUT2D eigenvalue weighted by atomic mass is 10.2. The molecule has 1 nitrogen and oxygen atoms in total. The summed E-state index contributed by atoms with van der Waals surface area (Å²) in [5.74, 6) is 0.108. The lowest BCUT2D eigenvalue weighted by Gasteiger charge is -2.07. The van der Waals surface area contributed by atoms with E-state index in [1.165, 1.54) is 6.07 Å². The Kier molecular flexibility index (Phi) is 4.45. The van der Waals surface area contributed by atoms with Gasteiger partial charge >= 0.3 is 0 Å². The van der Waals surface area contributed by atoms with Gasteiger partial charge in [-0.1, -0.05) is 29.8 Å². The molecule has 94 valence electrons. The summed E-state index contributed by atoms with van der Waals surface area (Å²) >= 11 is 11.3. The fourth-order valence-electron chi connectivity index (χ4n) is 1.57. The van der Waals surface area contributed by atoms with Crippen LogP contribution in [0.2, 0.25) is 5.02 Å². The van der Waals surface area contributed by atoms with Crippen LogP contribution in [0.3, 0.4) is 0 Å². The highest BCUT2D eigenvalue weighted by molar-refractivity contribution is 6.30. The van der Waals surface area contributed by atoms with Crippen LogP contribution < -0.4 is 5.32 Å². The quantitative estimate of drug-likeness (QED) is 0.793. The Balaban J connectivity index is 1.99. The maximum atomic E-state index is 13.2. The molecule has 0 atom stereocenters. The molecule has 2 rings (SSSR count). The second-order valence-electron chi connectivity index (χ2n) is 3.93. The van der Waals surface area contributed by atoms with Crippen molar-refractivity contribution in [3.63, 3.8) is 0 Å². The van der Waals surface area contributed by atoms with Gasteiger partial charge in [-0.3, -0.25) is 0 Å². The van der Waals surface area contributed by atoms with E-state index in [1.807, 2.05) is 24.3 Å². The minimum absolute atomic E-state index is 0.144. The predicted molar refractivity (Wildman–Crippen MR) is 74.7 cm³/mol. The van der Waals surface area contributed by atoms with Gasteiger partial charge in [0.15, 0.2) is 0 Å². The second kappa shape index (κ2) is 6.07. The number of hydrogen-bond donors (Lipinski definition) is 1. The molecule has 0 aliphatic rings. The number of alkyl halides is 1. The van der Waals surface area contributed by atoms with E-state index in [2.05, 4.69) is 5.32 Å². The number of nitrogens with one attached hydrogen (secondary N) is 1. The first-order valence-electron chi connectivity index (χ1n) is 5.52. The molecule has 0 radical (unpaired) electrons. The van der Waals surface area contributed by atoms with E-state index in [9.17, 15) is 4.39 Å². The molecule has 0 spiro atoms. The van der Waals surface area contributed by atoms with Crippen LogP contribution in [0.15, 0.2) is 42.5 Å². The summed E-state index contributed by atoms with van der Waals surface area (Å²) in [6, 6.07) is 12.6. The van der Waals surface area contributed by atoms with Crippen LogP contribution in [0.4, 0.5) is 10.1 Å². The Morgan fingerprint density at radius 2 is 1.67 bits per heavy atom. The average Bonchev–Trinajstić information content (AvgIpc) is 2.41. The van der Waals surface area contributed by atoms with E-state index in [-0.39, 0.29) is 5.02 Å².